The van der Waals surface area contributed by atoms with Gasteiger partial charge in [0.25, 0.3) is 11.5 Å². The molecule has 0 saturated carbocycles. The zero-order valence-electron chi connectivity index (χ0n) is 15.3. The van der Waals surface area contributed by atoms with E-state index in [1.165, 1.54) is 0 Å². The van der Waals surface area contributed by atoms with Gasteiger partial charge in [0.2, 0.25) is 5.91 Å². The van der Waals surface area contributed by atoms with Crippen molar-refractivity contribution in [3.05, 3.63) is 63.8 Å². The van der Waals surface area contributed by atoms with E-state index < -0.39 is 11.5 Å². The zero-order chi connectivity index (χ0) is 19.0. The van der Waals surface area contributed by atoms with Crippen LogP contribution in [0.5, 0.6) is 0 Å². The number of hydrogen-bond acceptors (Lipinski definition) is 4. The first-order valence-corrected chi connectivity index (χ1v) is 9.14. The molecule has 2 aliphatic heterocycles. The lowest BCUT2D eigenvalue weighted by Gasteiger charge is -2.22. The summed E-state index contributed by atoms with van der Waals surface area (Å²) in [5.41, 5.74) is 0.463. The Morgan fingerprint density at radius 2 is 2.00 bits per heavy atom. The van der Waals surface area contributed by atoms with Crippen LogP contribution < -0.4 is 10.9 Å². The van der Waals surface area contributed by atoms with E-state index in [-0.39, 0.29) is 16.9 Å². The summed E-state index contributed by atoms with van der Waals surface area (Å²) in [6.45, 7) is 4.03. The van der Waals surface area contributed by atoms with Crippen molar-refractivity contribution < 1.29 is 9.59 Å². The van der Waals surface area contributed by atoms with E-state index in [0.29, 0.717) is 31.9 Å². The minimum Gasteiger partial charge on any atom is -0.348 e. The predicted molar refractivity (Wildman–Crippen MR) is 99.1 cm³/mol. The number of fused-ring (bicyclic) bond motifs is 1. The molecule has 7 heteroatoms. The molecule has 1 aromatic carbocycles. The summed E-state index contributed by atoms with van der Waals surface area (Å²) in [5.74, 6) is 0.362. The van der Waals surface area contributed by atoms with E-state index in [1.54, 1.807) is 13.1 Å². The normalized spacial score (nSPS) is 20.7. The van der Waals surface area contributed by atoms with Crippen molar-refractivity contribution in [2.75, 3.05) is 13.1 Å². The number of likely N-dealkylation sites (tertiary alicyclic amines) is 1. The second-order valence-corrected chi connectivity index (χ2v) is 7.54. The van der Waals surface area contributed by atoms with Gasteiger partial charge in [-0.1, -0.05) is 30.3 Å². The molecule has 0 radical (unpaired) electrons. The maximum absolute atomic E-state index is 12.5. The van der Waals surface area contributed by atoms with E-state index in [1.807, 2.05) is 39.8 Å². The Kier molecular flexibility index (Phi) is 4.30. The first kappa shape index (κ1) is 17.5. The molecule has 1 atom stereocenters. The molecule has 1 saturated heterocycles. The number of hydrogen-bond donors (Lipinski definition) is 1. The largest absolute Gasteiger partial charge is 0.348 e. The Labute approximate surface area is 157 Å². The van der Waals surface area contributed by atoms with Crippen molar-refractivity contribution in [3.8, 4) is 0 Å². The fourth-order valence-corrected chi connectivity index (χ4v) is 4.06. The molecule has 1 N–H and O–H groups in total. The SMILES string of the molecule is CC(=O)N1CCC2(Cc3nc(=O)c(C(=O)NCc4ccccc4)cn3C2)C1. The van der Waals surface area contributed by atoms with Crippen LogP contribution in [-0.2, 0) is 24.3 Å². The highest BCUT2D eigenvalue weighted by Gasteiger charge is 2.44. The lowest BCUT2D eigenvalue weighted by molar-refractivity contribution is -0.128. The molecule has 1 spiro atoms. The molecule has 7 nitrogen and oxygen atoms in total. The van der Waals surface area contributed by atoms with Gasteiger partial charge in [0.05, 0.1) is 0 Å². The molecule has 2 aromatic rings. The summed E-state index contributed by atoms with van der Waals surface area (Å²) in [7, 11) is 0. The topological polar surface area (TPSA) is 84.3 Å². The Balaban J connectivity index is 1.50. The van der Waals surface area contributed by atoms with Crippen LogP contribution in [0.25, 0.3) is 0 Å². The van der Waals surface area contributed by atoms with Crippen LogP contribution in [0.15, 0.2) is 41.3 Å². The molecule has 0 aliphatic carbocycles. The van der Waals surface area contributed by atoms with Crippen LogP contribution in [0, 0.1) is 5.41 Å². The predicted octanol–water partition coefficient (Wildman–Crippen LogP) is 0.968. The third-order valence-electron chi connectivity index (χ3n) is 5.54. The van der Waals surface area contributed by atoms with Crippen molar-refractivity contribution in [3.63, 3.8) is 0 Å². The Bertz CT molecular complexity index is 953. The van der Waals surface area contributed by atoms with E-state index in [2.05, 4.69) is 10.3 Å². The zero-order valence-corrected chi connectivity index (χ0v) is 15.3. The molecule has 27 heavy (non-hydrogen) atoms. The summed E-state index contributed by atoms with van der Waals surface area (Å²) in [6, 6.07) is 9.54. The lowest BCUT2D eigenvalue weighted by atomic mass is 9.86. The molecule has 2 aliphatic rings. The lowest BCUT2D eigenvalue weighted by Crippen LogP contribution is -2.31. The number of benzene rings is 1. The first-order chi connectivity index (χ1) is 13.0. The summed E-state index contributed by atoms with van der Waals surface area (Å²) in [5, 5.41) is 2.79. The van der Waals surface area contributed by atoms with Crippen LogP contribution in [0.3, 0.4) is 0 Å². The number of aromatic nitrogens is 2. The molecule has 2 amide bonds. The third kappa shape index (κ3) is 3.37. The molecule has 0 bridgehead atoms. The van der Waals surface area contributed by atoms with Gasteiger partial charge < -0.3 is 14.8 Å². The molecule has 1 aromatic heterocycles. The van der Waals surface area contributed by atoms with E-state index in [9.17, 15) is 14.4 Å². The summed E-state index contributed by atoms with van der Waals surface area (Å²) >= 11 is 0. The van der Waals surface area contributed by atoms with Crippen LogP contribution in [0.4, 0.5) is 0 Å². The quantitative estimate of drug-likeness (QED) is 0.877. The van der Waals surface area contributed by atoms with Crippen LogP contribution >= 0.6 is 0 Å². The Hall–Kier alpha value is -2.96. The smallest absolute Gasteiger partial charge is 0.285 e. The van der Waals surface area contributed by atoms with Crippen LogP contribution in [-0.4, -0.2) is 39.4 Å². The summed E-state index contributed by atoms with van der Waals surface area (Å²) < 4.78 is 1.91. The maximum atomic E-state index is 12.5. The molecule has 140 valence electrons. The Morgan fingerprint density at radius 3 is 2.70 bits per heavy atom. The fraction of sp³-hybridized carbons (Fsp3) is 0.400. The molecular weight excluding hydrogens is 344 g/mol. The molecule has 4 rings (SSSR count). The van der Waals surface area contributed by atoms with Gasteiger partial charge in [0.15, 0.2) is 0 Å². The van der Waals surface area contributed by atoms with Crippen molar-refractivity contribution in [2.45, 2.75) is 32.9 Å². The second kappa shape index (κ2) is 6.64. The number of carbonyl (C=O) groups is 2. The Morgan fingerprint density at radius 1 is 1.22 bits per heavy atom. The van der Waals surface area contributed by atoms with Gasteiger partial charge in [-0.2, -0.15) is 4.98 Å². The number of carbonyl (C=O) groups excluding carboxylic acids is 2. The van der Waals surface area contributed by atoms with Crippen LogP contribution in [0.2, 0.25) is 0 Å². The van der Waals surface area contributed by atoms with Gasteiger partial charge in [0.1, 0.15) is 11.4 Å². The summed E-state index contributed by atoms with van der Waals surface area (Å²) in [4.78, 5) is 42.5. The van der Waals surface area contributed by atoms with Gasteiger partial charge in [-0.25, -0.2) is 0 Å². The van der Waals surface area contributed by atoms with E-state index in [0.717, 1.165) is 18.5 Å². The van der Waals surface area contributed by atoms with Gasteiger partial charge in [0, 0.05) is 51.1 Å². The summed E-state index contributed by atoms with van der Waals surface area (Å²) in [6.07, 6.45) is 3.17. The average molecular weight is 366 g/mol. The minimum absolute atomic E-state index is 0.0631. The third-order valence-corrected chi connectivity index (χ3v) is 5.54. The van der Waals surface area contributed by atoms with E-state index >= 15 is 0 Å². The van der Waals surface area contributed by atoms with Gasteiger partial charge in [-0.05, 0) is 12.0 Å². The van der Waals surface area contributed by atoms with Gasteiger partial charge in [-0.15, -0.1) is 0 Å². The molecule has 3 heterocycles. The molecule has 1 fully saturated rings. The monoisotopic (exact) mass is 366 g/mol. The first-order valence-electron chi connectivity index (χ1n) is 9.14. The second-order valence-electron chi connectivity index (χ2n) is 7.54. The van der Waals surface area contributed by atoms with Gasteiger partial charge >= 0.3 is 0 Å². The fourth-order valence-electron chi connectivity index (χ4n) is 4.06. The standard InChI is InChI=1S/C20H22N4O3/c1-14(25)23-8-7-20(12-23)9-17-22-19(27)16(11-24(17)13-20)18(26)21-10-15-5-3-2-4-6-15/h2-6,11H,7-10,12-13H2,1H3,(H,21,26). The number of amides is 2. The highest BCUT2D eigenvalue weighted by molar-refractivity contribution is 5.93. The van der Waals surface area contributed by atoms with Crippen molar-refractivity contribution in [1.82, 2.24) is 19.8 Å². The number of nitrogens with zero attached hydrogens (tertiary/aromatic N) is 3. The minimum atomic E-state index is -0.495. The van der Waals surface area contributed by atoms with E-state index in [4.69, 9.17) is 0 Å². The number of nitrogens with one attached hydrogen (secondary N) is 1. The average Bonchev–Trinajstić information content (AvgIpc) is 3.22. The molecule has 1 unspecified atom stereocenters. The maximum Gasteiger partial charge on any atom is 0.285 e. The van der Waals surface area contributed by atoms with Crippen molar-refractivity contribution in [1.29, 1.82) is 0 Å². The highest BCUT2D eigenvalue weighted by Crippen LogP contribution is 2.39. The molecular formula is C20H22N4O3. The van der Waals surface area contributed by atoms with Crippen molar-refractivity contribution in [2.24, 2.45) is 5.41 Å². The van der Waals surface area contributed by atoms with Crippen molar-refractivity contribution >= 4 is 11.8 Å². The van der Waals surface area contributed by atoms with Crippen LogP contribution in [0.1, 0.15) is 35.1 Å². The highest BCUT2D eigenvalue weighted by atomic mass is 16.2. The van der Waals surface area contributed by atoms with Gasteiger partial charge in [-0.3, -0.25) is 14.4 Å². The number of rotatable bonds is 3.